The first kappa shape index (κ1) is 18.3. The third-order valence-corrected chi connectivity index (χ3v) is 5.08. The van der Waals surface area contributed by atoms with Gasteiger partial charge in [-0.2, -0.15) is 0 Å². The second-order valence-electron chi connectivity index (χ2n) is 6.88. The zero-order valence-corrected chi connectivity index (χ0v) is 15.0. The number of benzene rings is 1. The van der Waals surface area contributed by atoms with Gasteiger partial charge in [0, 0.05) is 30.6 Å². The van der Waals surface area contributed by atoms with E-state index >= 15 is 0 Å². The number of nitrogens with zero attached hydrogens (tertiary/aromatic N) is 1. The molecule has 0 bridgehead atoms. The van der Waals surface area contributed by atoms with Crippen LogP contribution in [-0.4, -0.2) is 42.2 Å². The molecule has 0 radical (unpaired) electrons. The highest BCUT2D eigenvalue weighted by Crippen LogP contribution is 2.21. The minimum absolute atomic E-state index is 0.0323. The number of carbonyl (C=O) groups is 1. The Labute approximate surface area is 143 Å². The average Bonchev–Trinajstić information content (AvgIpc) is 2.45. The van der Waals surface area contributed by atoms with Gasteiger partial charge in [0.15, 0.2) is 0 Å². The summed E-state index contributed by atoms with van der Waals surface area (Å²) in [7, 11) is 0. The van der Waals surface area contributed by atoms with Gasteiger partial charge < -0.3 is 10.2 Å². The quantitative estimate of drug-likeness (QED) is 0.807. The summed E-state index contributed by atoms with van der Waals surface area (Å²) in [5, 5.41) is 3.06. The first-order chi connectivity index (χ1) is 10.9. The molecule has 1 heterocycles. The molecule has 3 nitrogen and oxygen atoms in total. The predicted molar refractivity (Wildman–Crippen MR) is 94.1 cm³/mol. The van der Waals surface area contributed by atoms with E-state index in [1.165, 1.54) is 30.3 Å². The smallest absolute Gasteiger partial charge is 0.230 e. The Balaban J connectivity index is 1.70. The third-order valence-electron chi connectivity index (χ3n) is 4.07. The van der Waals surface area contributed by atoms with E-state index in [2.05, 4.69) is 31.0 Å². The van der Waals surface area contributed by atoms with Crippen LogP contribution in [0, 0.1) is 17.7 Å². The maximum absolute atomic E-state index is 12.8. The van der Waals surface area contributed by atoms with E-state index in [1.807, 2.05) is 0 Å². The number of hydrogen-bond acceptors (Lipinski definition) is 3. The Bertz CT molecular complexity index is 498. The second-order valence-corrected chi connectivity index (χ2v) is 7.92. The molecule has 23 heavy (non-hydrogen) atoms. The van der Waals surface area contributed by atoms with Gasteiger partial charge in [-0.3, -0.25) is 4.79 Å². The lowest BCUT2D eigenvalue weighted by Crippen LogP contribution is -2.47. The van der Waals surface area contributed by atoms with Gasteiger partial charge in [0.25, 0.3) is 0 Å². The molecule has 0 aromatic heterocycles. The molecule has 1 aliphatic rings. The van der Waals surface area contributed by atoms with Crippen molar-refractivity contribution < 1.29 is 9.18 Å². The van der Waals surface area contributed by atoms with Crippen LogP contribution in [-0.2, 0) is 4.79 Å². The van der Waals surface area contributed by atoms with E-state index in [0.29, 0.717) is 5.75 Å². The fraction of sp³-hybridized carbons (Fsp3) is 0.611. The molecule has 1 amide bonds. The Hall–Kier alpha value is -1.07. The highest BCUT2D eigenvalue weighted by Gasteiger charge is 2.23. The van der Waals surface area contributed by atoms with E-state index in [4.69, 9.17) is 0 Å². The van der Waals surface area contributed by atoms with Crippen LogP contribution >= 0.6 is 11.8 Å². The monoisotopic (exact) mass is 338 g/mol. The van der Waals surface area contributed by atoms with Gasteiger partial charge >= 0.3 is 0 Å². The molecule has 128 valence electrons. The predicted octanol–water partition coefficient (Wildman–Crippen LogP) is 3.40. The molecule has 5 heteroatoms. The summed E-state index contributed by atoms with van der Waals surface area (Å²) in [4.78, 5) is 15.4. The van der Waals surface area contributed by atoms with E-state index in [0.717, 1.165) is 36.4 Å². The third kappa shape index (κ3) is 6.51. The van der Waals surface area contributed by atoms with E-state index in [9.17, 15) is 9.18 Å². The van der Waals surface area contributed by atoms with Crippen molar-refractivity contribution in [1.29, 1.82) is 0 Å². The van der Waals surface area contributed by atoms with Crippen LogP contribution in [0.25, 0.3) is 0 Å². The molecular weight excluding hydrogens is 311 g/mol. The topological polar surface area (TPSA) is 32.3 Å². The van der Waals surface area contributed by atoms with Crippen LogP contribution in [0.2, 0.25) is 0 Å². The van der Waals surface area contributed by atoms with E-state index < -0.39 is 0 Å². The molecule has 1 saturated heterocycles. The van der Waals surface area contributed by atoms with E-state index in [1.54, 1.807) is 12.1 Å². The molecule has 1 aromatic rings. The number of likely N-dealkylation sites (tertiary alicyclic amines) is 1. The summed E-state index contributed by atoms with van der Waals surface area (Å²) < 4.78 is 12.8. The molecule has 0 aliphatic carbocycles. The minimum Gasteiger partial charge on any atom is -0.352 e. The maximum Gasteiger partial charge on any atom is 0.230 e. The van der Waals surface area contributed by atoms with Gasteiger partial charge in [-0.15, -0.1) is 11.8 Å². The fourth-order valence-corrected chi connectivity index (χ4v) is 4.08. The summed E-state index contributed by atoms with van der Waals surface area (Å²) >= 11 is 1.43. The molecule has 3 atom stereocenters. The van der Waals surface area contributed by atoms with Crippen LogP contribution in [0.1, 0.15) is 27.2 Å². The molecule has 1 N–H and O–H groups in total. The van der Waals surface area contributed by atoms with Crippen molar-refractivity contribution in [3.63, 3.8) is 0 Å². The van der Waals surface area contributed by atoms with Crippen molar-refractivity contribution >= 4 is 17.7 Å². The number of piperidine rings is 1. The highest BCUT2D eigenvalue weighted by molar-refractivity contribution is 8.00. The summed E-state index contributed by atoms with van der Waals surface area (Å²) in [5.41, 5.74) is 0. The number of thioether (sulfide) groups is 1. The average molecular weight is 338 g/mol. The van der Waals surface area contributed by atoms with Crippen LogP contribution in [0.3, 0.4) is 0 Å². The lowest BCUT2D eigenvalue weighted by Gasteiger charge is -2.36. The zero-order valence-electron chi connectivity index (χ0n) is 14.2. The van der Waals surface area contributed by atoms with Crippen molar-refractivity contribution in [3.8, 4) is 0 Å². The van der Waals surface area contributed by atoms with Crippen molar-refractivity contribution in [1.82, 2.24) is 10.2 Å². The number of halogens is 1. The maximum atomic E-state index is 12.8. The Morgan fingerprint density at radius 2 is 1.91 bits per heavy atom. The van der Waals surface area contributed by atoms with Crippen molar-refractivity contribution in [2.45, 2.75) is 38.1 Å². The summed E-state index contributed by atoms with van der Waals surface area (Å²) in [5.74, 6) is 1.61. The van der Waals surface area contributed by atoms with Gasteiger partial charge in [-0.05, 0) is 49.4 Å². The molecule has 1 aliphatic heterocycles. The van der Waals surface area contributed by atoms with Crippen LogP contribution < -0.4 is 5.32 Å². The Kier molecular flexibility index (Phi) is 6.90. The van der Waals surface area contributed by atoms with Crippen LogP contribution in [0.5, 0.6) is 0 Å². The molecule has 0 unspecified atom stereocenters. The molecule has 1 fully saturated rings. The lowest BCUT2D eigenvalue weighted by molar-refractivity contribution is -0.119. The number of rotatable bonds is 6. The van der Waals surface area contributed by atoms with E-state index in [-0.39, 0.29) is 17.8 Å². The second kappa shape index (κ2) is 8.69. The lowest BCUT2D eigenvalue weighted by atomic mass is 9.92. The first-order valence-corrected chi connectivity index (χ1v) is 9.31. The van der Waals surface area contributed by atoms with Crippen molar-refractivity contribution in [2.24, 2.45) is 11.8 Å². The van der Waals surface area contributed by atoms with Gasteiger partial charge in [-0.25, -0.2) is 4.39 Å². The first-order valence-electron chi connectivity index (χ1n) is 8.32. The molecule has 2 rings (SSSR count). The largest absolute Gasteiger partial charge is 0.352 e. The normalized spacial score (nSPS) is 23.5. The fourth-order valence-electron chi connectivity index (χ4n) is 3.37. The van der Waals surface area contributed by atoms with Crippen molar-refractivity contribution in [3.05, 3.63) is 30.1 Å². The minimum atomic E-state index is -0.252. The Morgan fingerprint density at radius 3 is 2.52 bits per heavy atom. The van der Waals surface area contributed by atoms with Crippen LogP contribution in [0.4, 0.5) is 4.39 Å². The number of nitrogens with one attached hydrogen (secondary N) is 1. The molecule has 1 aromatic carbocycles. The molecular formula is C18H27FN2OS. The summed E-state index contributed by atoms with van der Waals surface area (Å²) in [6.07, 6.45) is 1.30. The van der Waals surface area contributed by atoms with Gasteiger partial charge in [0.1, 0.15) is 5.82 Å². The van der Waals surface area contributed by atoms with Gasteiger partial charge in [0.05, 0.1) is 5.75 Å². The van der Waals surface area contributed by atoms with Crippen LogP contribution in [0.15, 0.2) is 29.2 Å². The van der Waals surface area contributed by atoms with Crippen molar-refractivity contribution in [2.75, 3.05) is 25.4 Å². The molecule has 0 spiro atoms. The molecule has 0 saturated carbocycles. The van der Waals surface area contributed by atoms with Gasteiger partial charge in [0.2, 0.25) is 5.91 Å². The zero-order chi connectivity index (χ0) is 16.8. The summed E-state index contributed by atoms with van der Waals surface area (Å²) in [6, 6.07) is 6.39. The number of carbonyl (C=O) groups excluding carboxylic acids is 1. The Morgan fingerprint density at radius 1 is 1.30 bits per heavy atom. The standard InChI is InChI=1S/C18H27FN2OS/c1-13-8-14(2)10-21(9-13)11-15(3)20-18(22)12-23-17-6-4-16(19)5-7-17/h4-7,13-15H,8-12H2,1-3H3,(H,20,22)/t13-,14+,15-/m0/s1. The number of hydrogen-bond donors (Lipinski definition) is 1. The SMILES string of the molecule is C[C@@H]1C[C@H](C)CN(C[C@H](C)NC(=O)CSc2ccc(F)cc2)C1. The van der Waals surface area contributed by atoms with Gasteiger partial charge in [-0.1, -0.05) is 13.8 Å². The number of amides is 1. The highest BCUT2D eigenvalue weighted by atomic mass is 32.2. The summed E-state index contributed by atoms with van der Waals surface area (Å²) in [6.45, 7) is 9.80.